The highest BCUT2D eigenvalue weighted by Crippen LogP contribution is 2.50. The van der Waals surface area contributed by atoms with E-state index in [-0.39, 0.29) is 17.2 Å². The van der Waals surface area contributed by atoms with E-state index in [2.05, 4.69) is 102 Å². The molecule has 3 aromatic rings. The van der Waals surface area contributed by atoms with Gasteiger partial charge in [0.1, 0.15) is 5.75 Å². The molecule has 3 heteroatoms. The molecule has 4 rings (SSSR count). The van der Waals surface area contributed by atoms with Crippen LogP contribution in [-0.2, 0) is 4.79 Å². The van der Waals surface area contributed by atoms with Crippen LogP contribution in [0.5, 0.6) is 5.75 Å². The highest BCUT2D eigenvalue weighted by atomic mass is 16.5. The van der Waals surface area contributed by atoms with Gasteiger partial charge in [0.15, 0.2) is 0 Å². The van der Waals surface area contributed by atoms with Gasteiger partial charge in [-0.3, -0.25) is 4.79 Å². The van der Waals surface area contributed by atoms with Gasteiger partial charge >= 0.3 is 0 Å². The molecule has 1 heterocycles. The van der Waals surface area contributed by atoms with Gasteiger partial charge in [0.25, 0.3) is 0 Å². The Bertz CT molecular complexity index is 1190. The summed E-state index contributed by atoms with van der Waals surface area (Å²) in [4.78, 5) is 13.0. The molecule has 1 aliphatic rings. The predicted octanol–water partition coefficient (Wildman–Crippen LogP) is 7.99. The number of rotatable bonds is 5. The van der Waals surface area contributed by atoms with Crippen LogP contribution in [0.2, 0.25) is 0 Å². The molecule has 1 unspecified atom stereocenters. The van der Waals surface area contributed by atoms with E-state index in [0.717, 1.165) is 33.7 Å². The minimum absolute atomic E-state index is 0.0504. The third-order valence-corrected chi connectivity index (χ3v) is 6.77. The van der Waals surface area contributed by atoms with Crippen LogP contribution < -0.4 is 10.1 Å². The molecular weight excluding hydrogens is 418 g/mol. The molecule has 1 N–H and O–H groups in total. The summed E-state index contributed by atoms with van der Waals surface area (Å²) in [5.74, 6) is 1.64. The molecule has 0 bridgehead atoms. The van der Waals surface area contributed by atoms with Crippen molar-refractivity contribution in [2.75, 3.05) is 11.9 Å². The van der Waals surface area contributed by atoms with Crippen LogP contribution in [0, 0.1) is 19.3 Å². The fraction of sp³-hybridized carbons (Fsp3) is 0.387. The lowest BCUT2D eigenvalue weighted by molar-refractivity contribution is -0.117. The molecule has 1 amide bonds. The zero-order valence-electron chi connectivity index (χ0n) is 21.6. The van der Waals surface area contributed by atoms with Crippen LogP contribution in [-0.4, -0.2) is 12.5 Å². The van der Waals surface area contributed by atoms with Crippen LogP contribution in [0.1, 0.15) is 80.7 Å². The smallest absolute Gasteiger partial charge is 0.224 e. The molecule has 3 aromatic carbocycles. The number of hydrogen-bond donors (Lipinski definition) is 1. The molecule has 34 heavy (non-hydrogen) atoms. The minimum Gasteiger partial charge on any atom is -0.492 e. The van der Waals surface area contributed by atoms with E-state index in [1.165, 1.54) is 16.7 Å². The van der Waals surface area contributed by atoms with Gasteiger partial charge in [0, 0.05) is 29.2 Å². The van der Waals surface area contributed by atoms with Crippen molar-refractivity contribution in [1.29, 1.82) is 0 Å². The van der Waals surface area contributed by atoms with Gasteiger partial charge in [-0.15, -0.1) is 0 Å². The third kappa shape index (κ3) is 4.75. The number of anilines is 1. The first-order chi connectivity index (χ1) is 16.1. The third-order valence-electron chi connectivity index (χ3n) is 6.77. The van der Waals surface area contributed by atoms with Gasteiger partial charge in [-0.05, 0) is 53.0 Å². The second kappa shape index (κ2) is 9.29. The maximum Gasteiger partial charge on any atom is 0.224 e. The van der Waals surface area contributed by atoms with Crippen LogP contribution >= 0.6 is 0 Å². The zero-order chi connectivity index (χ0) is 24.6. The molecule has 0 spiro atoms. The summed E-state index contributed by atoms with van der Waals surface area (Å²) in [6.45, 7) is 15.5. The maximum atomic E-state index is 13.0. The Balaban J connectivity index is 1.86. The summed E-state index contributed by atoms with van der Waals surface area (Å²) < 4.78 is 6.42. The average molecular weight is 456 g/mol. The van der Waals surface area contributed by atoms with Crippen molar-refractivity contribution in [2.45, 2.75) is 66.7 Å². The lowest BCUT2D eigenvalue weighted by atomic mass is 9.84. The predicted molar refractivity (Wildman–Crippen MR) is 142 cm³/mol. The molecule has 0 radical (unpaired) electrons. The number of carbonyl (C=O) groups excluding carboxylic acids is 1. The topological polar surface area (TPSA) is 38.3 Å². The number of ether oxygens (including phenoxy) is 1. The molecule has 178 valence electrons. The largest absolute Gasteiger partial charge is 0.492 e. The Morgan fingerprint density at radius 3 is 2.24 bits per heavy atom. The van der Waals surface area contributed by atoms with Crippen LogP contribution in [0.4, 0.5) is 5.69 Å². The summed E-state index contributed by atoms with van der Waals surface area (Å²) >= 11 is 0. The lowest BCUT2D eigenvalue weighted by Gasteiger charge is -2.23. The normalized spacial score (nSPS) is 15.2. The van der Waals surface area contributed by atoms with Crippen molar-refractivity contribution in [3.05, 3.63) is 82.4 Å². The molecule has 0 aliphatic carbocycles. The summed E-state index contributed by atoms with van der Waals surface area (Å²) in [7, 11) is 0. The number of hydrogen-bond acceptors (Lipinski definition) is 2. The van der Waals surface area contributed by atoms with Gasteiger partial charge < -0.3 is 10.1 Å². The van der Waals surface area contributed by atoms with Crippen LogP contribution in [0.25, 0.3) is 11.1 Å². The summed E-state index contributed by atoms with van der Waals surface area (Å²) in [6, 6.07) is 19.3. The molecular formula is C31H37NO2. The van der Waals surface area contributed by atoms with Crippen molar-refractivity contribution in [2.24, 2.45) is 5.41 Å². The fourth-order valence-corrected chi connectivity index (χ4v) is 5.02. The van der Waals surface area contributed by atoms with E-state index in [0.29, 0.717) is 18.9 Å². The SMILES string of the molecule is Cc1c(NC(=O)CC(C)(C)C)c(C)c2c(c1-c1ccccc1)OCC2c1ccc(C(C)C)cc1. The van der Waals surface area contributed by atoms with E-state index >= 15 is 0 Å². The summed E-state index contributed by atoms with van der Waals surface area (Å²) in [6.07, 6.45) is 0.472. The first kappa shape index (κ1) is 24.1. The van der Waals surface area contributed by atoms with Gasteiger partial charge in [-0.2, -0.15) is 0 Å². The first-order valence-electron chi connectivity index (χ1n) is 12.3. The fourth-order valence-electron chi connectivity index (χ4n) is 5.02. The Morgan fingerprint density at radius 1 is 1.00 bits per heavy atom. The van der Waals surface area contributed by atoms with Gasteiger partial charge in [-0.1, -0.05) is 89.2 Å². The van der Waals surface area contributed by atoms with Gasteiger partial charge in [0.05, 0.1) is 6.61 Å². The number of nitrogens with one attached hydrogen (secondary N) is 1. The number of amides is 1. The van der Waals surface area contributed by atoms with Gasteiger partial charge in [0.2, 0.25) is 5.91 Å². The minimum atomic E-state index is -0.0747. The molecule has 1 aliphatic heterocycles. The number of carbonyl (C=O) groups is 1. The highest BCUT2D eigenvalue weighted by Gasteiger charge is 2.34. The van der Waals surface area contributed by atoms with Crippen LogP contribution in [0.3, 0.4) is 0 Å². The number of fused-ring (bicyclic) bond motifs is 1. The molecule has 0 fully saturated rings. The van der Waals surface area contributed by atoms with E-state index in [4.69, 9.17) is 4.74 Å². The molecule has 0 saturated carbocycles. The standard InChI is InChI=1S/C31H37NO2/c1-19(2)22-13-15-23(16-14-22)25-18-34-30-27(24-11-9-8-10-12-24)20(3)29(21(4)28(25)30)32-26(33)17-31(5,6)7/h8-16,19,25H,17-18H2,1-7H3,(H,32,33). The first-order valence-corrected chi connectivity index (χ1v) is 12.3. The van der Waals surface area contributed by atoms with Gasteiger partial charge in [-0.25, -0.2) is 0 Å². The Kier molecular flexibility index (Phi) is 6.58. The Labute approximate surface area is 204 Å². The highest BCUT2D eigenvalue weighted by molar-refractivity contribution is 5.96. The zero-order valence-corrected chi connectivity index (χ0v) is 21.6. The quantitative estimate of drug-likeness (QED) is 0.423. The van der Waals surface area contributed by atoms with Crippen molar-refractivity contribution < 1.29 is 9.53 Å². The molecule has 0 aromatic heterocycles. The number of benzene rings is 3. The molecule has 0 saturated heterocycles. The van der Waals surface area contributed by atoms with E-state index in [1.807, 2.05) is 6.07 Å². The van der Waals surface area contributed by atoms with Crippen molar-refractivity contribution in [3.8, 4) is 16.9 Å². The Morgan fingerprint density at radius 2 is 1.65 bits per heavy atom. The lowest BCUT2D eigenvalue weighted by Crippen LogP contribution is -2.21. The maximum absolute atomic E-state index is 13.0. The Hall–Kier alpha value is -3.07. The van der Waals surface area contributed by atoms with Crippen molar-refractivity contribution in [3.63, 3.8) is 0 Å². The van der Waals surface area contributed by atoms with Crippen LogP contribution in [0.15, 0.2) is 54.6 Å². The average Bonchev–Trinajstić information content (AvgIpc) is 3.21. The van der Waals surface area contributed by atoms with E-state index < -0.39 is 0 Å². The summed E-state index contributed by atoms with van der Waals surface area (Å²) in [5, 5.41) is 3.28. The molecule has 1 atom stereocenters. The second-order valence-corrected chi connectivity index (χ2v) is 11.1. The summed E-state index contributed by atoms with van der Waals surface area (Å²) in [5.41, 5.74) is 8.96. The monoisotopic (exact) mass is 455 g/mol. The second-order valence-electron chi connectivity index (χ2n) is 11.1. The van der Waals surface area contributed by atoms with Crippen molar-refractivity contribution in [1.82, 2.24) is 0 Å². The molecule has 3 nitrogen and oxygen atoms in total. The van der Waals surface area contributed by atoms with E-state index in [9.17, 15) is 4.79 Å². The van der Waals surface area contributed by atoms with Crippen molar-refractivity contribution >= 4 is 11.6 Å². The van der Waals surface area contributed by atoms with E-state index in [1.54, 1.807) is 0 Å².